The van der Waals surface area contributed by atoms with Crippen LogP contribution in [0.3, 0.4) is 0 Å². The molecule has 76 valence electrons. The van der Waals surface area contributed by atoms with Crippen LogP contribution >= 0.6 is 0 Å². The second kappa shape index (κ2) is 5.80. The van der Waals surface area contributed by atoms with Crippen molar-refractivity contribution in [2.24, 2.45) is 0 Å². The predicted octanol–water partition coefficient (Wildman–Crippen LogP) is -2.07. The fraction of sp³-hybridized carbons (Fsp3) is 0.400. The molecule has 9 heteroatoms. The molecule has 0 saturated carbocycles. The molecule has 0 fully saturated rings. The van der Waals surface area contributed by atoms with E-state index in [-0.39, 0.29) is 68.9 Å². The Kier molecular flexibility index (Phi) is 7.14. The van der Waals surface area contributed by atoms with E-state index in [1.807, 2.05) is 0 Å². The van der Waals surface area contributed by atoms with Crippen molar-refractivity contribution in [3.63, 3.8) is 0 Å². The number of alkyl halides is 6. The second-order valence-corrected chi connectivity index (χ2v) is 1.87. The average Bonchev–Trinajstić information content (AvgIpc) is 1.82. The van der Waals surface area contributed by atoms with E-state index in [2.05, 4.69) is 0 Å². The number of hydrogen-bond donors (Lipinski definition) is 0. The molecule has 0 heterocycles. The molecule has 0 aliphatic carbocycles. The number of halogens is 6. The summed E-state index contributed by atoms with van der Waals surface area (Å²) in [7, 11) is 0. The number of carbonyl (C=O) groups excluding carboxylic acids is 1. The Bertz CT molecular complexity index is 240. The van der Waals surface area contributed by atoms with Gasteiger partial charge in [-0.1, -0.05) is 0 Å². The van der Waals surface area contributed by atoms with Crippen LogP contribution in [0.25, 0.3) is 0 Å². The zero-order chi connectivity index (χ0) is 10.9. The fourth-order valence-electron chi connectivity index (χ4n) is 0.283. The Labute approximate surface area is 133 Å². The minimum Gasteiger partial charge on any atom is -0.869 e. The summed E-state index contributed by atoms with van der Waals surface area (Å²) in [6.45, 7) is 0. The van der Waals surface area contributed by atoms with E-state index in [0.717, 1.165) is 0 Å². The van der Waals surface area contributed by atoms with Gasteiger partial charge in [-0.3, -0.25) is 4.79 Å². The van der Waals surface area contributed by atoms with Gasteiger partial charge < -0.3 is 5.11 Å². The van der Waals surface area contributed by atoms with E-state index in [4.69, 9.17) is 0 Å². The summed E-state index contributed by atoms with van der Waals surface area (Å²) >= 11 is 0. The molecule has 0 radical (unpaired) electrons. The van der Waals surface area contributed by atoms with E-state index in [0.29, 0.717) is 0 Å². The molecule has 0 unspecified atom stereocenters. The molecule has 0 aromatic heterocycles. The maximum atomic E-state index is 11.3. The van der Waals surface area contributed by atoms with Crippen LogP contribution in [0.2, 0.25) is 0 Å². The van der Waals surface area contributed by atoms with Crippen LogP contribution in [0.5, 0.6) is 0 Å². The van der Waals surface area contributed by atoms with E-state index < -0.39 is 30.0 Å². The number of carbonyl (C=O) groups is 1. The number of rotatable bonds is 1. The summed E-state index contributed by atoms with van der Waals surface area (Å²) in [6, 6.07) is 0. The molecule has 0 aliphatic heterocycles. The van der Waals surface area contributed by atoms with Gasteiger partial charge in [-0.15, -0.1) is 0 Å². The van der Waals surface area contributed by atoms with E-state index in [1.54, 1.807) is 0 Å². The third-order valence-corrected chi connectivity index (χ3v) is 0.821. The van der Waals surface area contributed by atoms with Crippen molar-refractivity contribution in [3.05, 3.63) is 11.8 Å². The first kappa shape index (κ1) is 17.2. The first-order valence-corrected chi connectivity index (χ1v) is 2.62. The Morgan fingerprint density at radius 3 is 1.57 bits per heavy atom. The van der Waals surface area contributed by atoms with E-state index >= 15 is 0 Å². The van der Waals surface area contributed by atoms with Crippen LogP contribution < -0.4 is 74.0 Å². The molecule has 0 atom stereocenters. The molecule has 0 spiro atoms. The minimum atomic E-state index is -5.46. The smallest absolute Gasteiger partial charge is 0.869 e. The molecule has 2 nitrogen and oxygen atoms in total. The number of hydrogen-bond acceptors (Lipinski definition) is 2. The molecular formula is C5HCsF6O2. The van der Waals surface area contributed by atoms with Crippen LogP contribution in [0.15, 0.2) is 11.8 Å². The van der Waals surface area contributed by atoms with Gasteiger partial charge >= 0.3 is 81.2 Å². The summed E-state index contributed by atoms with van der Waals surface area (Å²) in [5, 5.41) is 9.82. The van der Waals surface area contributed by atoms with Crippen molar-refractivity contribution >= 4 is 5.78 Å². The Balaban J connectivity index is 0. The fourth-order valence-corrected chi connectivity index (χ4v) is 0.283. The van der Waals surface area contributed by atoms with Crippen molar-refractivity contribution in [1.82, 2.24) is 0 Å². The largest absolute Gasteiger partial charge is 1.00 e. The van der Waals surface area contributed by atoms with E-state index in [9.17, 15) is 36.2 Å². The van der Waals surface area contributed by atoms with Gasteiger partial charge in [-0.25, -0.2) is 0 Å². The quantitative estimate of drug-likeness (QED) is 0.313. The van der Waals surface area contributed by atoms with Crippen molar-refractivity contribution in [2.75, 3.05) is 0 Å². The molecule has 0 aliphatic rings. The first-order valence-electron chi connectivity index (χ1n) is 2.62. The number of allylic oxidation sites excluding steroid dienone is 2. The third kappa shape index (κ3) is 6.35. The van der Waals surface area contributed by atoms with Gasteiger partial charge in [0.25, 0.3) is 5.78 Å². The van der Waals surface area contributed by atoms with Crippen molar-refractivity contribution < 1.29 is 105 Å². The minimum absolute atomic E-state index is 0. The van der Waals surface area contributed by atoms with Crippen LogP contribution in [-0.4, -0.2) is 18.1 Å². The molecule has 14 heavy (non-hydrogen) atoms. The zero-order valence-electron chi connectivity index (χ0n) is 6.66. The summed E-state index contributed by atoms with van der Waals surface area (Å²) in [4.78, 5) is 9.82. The summed E-state index contributed by atoms with van der Waals surface area (Å²) in [5.74, 6) is -5.65. The van der Waals surface area contributed by atoms with Crippen LogP contribution in [-0.2, 0) is 4.79 Å². The topological polar surface area (TPSA) is 40.1 Å². The molecule has 0 aromatic rings. The van der Waals surface area contributed by atoms with Crippen LogP contribution in [0, 0.1) is 0 Å². The first-order chi connectivity index (χ1) is 5.55. The Hall–Kier alpha value is 0.842. The molecule has 0 saturated heterocycles. The van der Waals surface area contributed by atoms with Crippen LogP contribution in [0.1, 0.15) is 0 Å². The van der Waals surface area contributed by atoms with Gasteiger partial charge in [0.15, 0.2) is 0 Å². The maximum Gasteiger partial charge on any atom is 1.00 e. The van der Waals surface area contributed by atoms with Crippen molar-refractivity contribution in [1.29, 1.82) is 0 Å². The number of ketones is 1. The van der Waals surface area contributed by atoms with Gasteiger partial charge in [0.1, 0.15) is 0 Å². The molecule has 0 rings (SSSR count). The van der Waals surface area contributed by atoms with Gasteiger partial charge in [-0.2, -0.15) is 26.3 Å². The normalized spacial score (nSPS) is 13.4. The third-order valence-electron chi connectivity index (χ3n) is 0.821. The van der Waals surface area contributed by atoms with Gasteiger partial charge in [0, 0.05) is 0 Å². The molecule has 0 N–H and O–H groups in total. The Morgan fingerprint density at radius 2 is 1.36 bits per heavy atom. The standard InChI is InChI=1S/C5H2F6O2.Cs/c6-4(7,8)2(12)1-3(13)5(9,10)11;/h1,12H;/q;+1/p-1/b2-1-;. The predicted molar refractivity (Wildman–Crippen MR) is 25.2 cm³/mol. The van der Waals surface area contributed by atoms with Crippen LogP contribution in [0.4, 0.5) is 26.3 Å². The molecule has 0 bridgehead atoms. The molecule has 0 aromatic carbocycles. The van der Waals surface area contributed by atoms with Gasteiger partial charge in [-0.05, 0) is 11.8 Å². The van der Waals surface area contributed by atoms with Crippen molar-refractivity contribution in [2.45, 2.75) is 12.4 Å². The summed E-state index contributed by atoms with van der Waals surface area (Å²) in [5.41, 5.74) is 0. The SMILES string of the molecule is O=C(/C=C(\[O-])C(F)(F)F)C(F)(F)F.[Cs+]. The maximum absolute atomic E-state index is 11.3. The van der Waals surface area contributed by atoms with Gasteiger partial charge in [0.2, 0.25) is 0 Å². The summed E-state index contributed by atoms with van der Waals surface area (Å²) < 4.78 is 67.8. The monoisotopic (exact) mass is 340 g/mol. The second-order valence-electron chi connectivity index (χ2n) is 1.87. The van der Waals surface area contributed by atoms with Gasteiger partial charge in [0.05, 0.1) is 0 Å². The molecule has 0 amide bonds. The average molecular weight is 340 g/mol. The molecular weight excluding hydrogens is 339 g/mol. The summed E-state index contributed by atoms with van der Waals surface area (Å²) in [6.07, 6.45) is -11.9. The van der Waals surface area contributed by atoms with E-state index in [1.165, 1.54) is 0 Å². The Morgan fingerprint density at radius 1 is 1.00 bits per heavy atom. The zero-order valence-corrected chi connectivity index (χ0v) is 12.9. The van der Waals surface area contributed by atoms with Crippen molar-refractivity contribution in [3.8, 4) is 0 Å².